The van der Waals surface area contributed by atoms with E-state index >= 15 is 0 Å². The standard InChI is InChI=1S/C12H17FN2O5/c1-7-5-15(11-9(17)4-8(6-16)20-11)12(19)14(3-2-13)10(7)18/h5,8-9,11,16-17H,2-4,6H2,1H3/t8-,9?,11+/m0/s1. The highest BCUT2D eigenvalue weighted by Crippen LogP contribution is 2.27. The van der Waals surface area contributed by atoms with Crippen LogP contribution in [0, 0.1) is 6.92 Å². The average Bonchev–Trinajstić information content (AvgIpc) is 2.80. The molecule has 7 nitrogen and oxygen atoms in total. The number of hydrogen-bond donors (Lipinski definition) is 2. The molecular weight excluding hydrogens is 271 g/mol. The number of alkyl halides is 1. The van der Waals surface area contributed by atoms with Crippen molar-refractivity contribution >= 4 is 0 Å². The smallest absolute Gasteiger partial charge is 0.333 e. The normalized spacial score (nSPS) is 26.1. The molecule has 2 rings (SSSR count). The van der Waals surface area contributed by atoms with Gasteiger partial charge in [-0.05, 0) is 6.92 Å². The van der Waals surface area contributed by atoms with Crippen LogP contribution in [0.1, 0.15) is 18.2 Å². The largest absolute Gasteiger partial charge is 0.394 e. The first-order chi connectivity index (χ1) is 9.49. The molecule has 1 aliphatic rings. The summed E-state index contributed by atoms with van der Waals surface area (Å²) in [5.41, 5.74) is -1.04. The molecule has 1 fully saturated rings. The van der Waals surface area contributed by atoms with E-state index in [1.807, 2.05) is 0 Å². The Balaban J connectivity index is 2.48. The van der Waals surface area contributed by atoms with Crippen molar-refractivity contribution < 1.29 is 19.3 Å². The lowest BCUT2D eigenvalue weighted by atomic mass is 10.2. The summed E-state index contributed by atoms with van der Waals surface area (Å²) in [5, 5.41) is 18.9. The van der Waals surface area contributed by atoms with Gasteiger partial charge in [-0.3, -0.25) is 13.9 Å². The van der Waals surface area contributed by atoms with E-state index in [2.05, 4.69) is 0 Å². The fourth-order valence-corrected chi connectivity index (χ4v) is 2.32. The summed E-state index contributed by atoms with van der Waals surface area (Å²) < 4.78 is 19.7. The van der Waals surface area contributed by atoms with Crippen molar-refractivity contribution in [1.29, 1.82) is 0 Å². The van der Waals surface area contributed by atoms with Gasteiger partial charge >= 0.3 is 5.69 Å². The molecule has 2 heterocycles. The number of rotatable bonds is 4. The number of aliphatic hydroxyl groups is 2. The van der Waals surface area contributed by atoms with Crippen molar-refractivity contribution in [3.63, 3.8) is 0 Å². The van der Waals surface area contributed by atoms with E-state index in [1.165, 1.54) is 13.1 Å². The molecule has 8 heteroatoms. The minimum absolute atomic E-state index is 0.189. The van der Waals surface area contributed by atoms with Gasteiger partial charge in [-0.2, -0.15) is 0 Å². The maximum absolute atomic E-state index is 12.5. The van der Waals surface area contributed by atoms with E-state index < -0.39 is 36.4 Å². The molecule has 1 aromatic heterocycles. The summed E-state index contributed by atoms with van der Waals surface area (Å²) in [5.74, 6) is 0. The van der Waals surface area contributed by atoms with E-state index in [1.54, 1.807) is 0 Å². The highest BCUT2D eigenvalue weighted by molar-refractivity contribution is 5.04. The molecule has 1 aromatic rings. The molecule has 0 bridgehead atoms. The van der Waals surface area contributed by atoms with Crippen molar-refractivity contribution in [2.24, 2.45) is 0 Å². The molecule has 3 atom stereocenters. The van der Waals surface area contributed by atoms with Crippen LogP contribution < -0.4 is 11.2 Å². The van der Waals surface area contributed by atoms with E-state index in [0.717, 1.165) is 9.13 Å². The zero-order valence-electron chi connectivity index (χ0n) is 11.0. The topological polar surface area (TPSA) is 93.7 Å². The first kappa shape index (κ1) is 14.9. The SMILES string of the molecule is Cc1cn([C@@H]2O[C@H](CO)CC2O)c(=O)n(CCF)c1=O. The Labute approximate surface area is 113 Å². The zero-order valence-corrected chi connectivity index (χ0v) is 11.0. The predicted molar refractivity (Wildman–Crippen MR) is 67.3 cm³/mol. The molecule has 2 N–H and O–H groups in total. The number of hydrogen-bond acceptors (Lipinski definition) is 5. The van der Waals surface area contributed by atoms with E-state index in [9.17, 15) is 19.1 Å². The quantitative estimate of drug-likeness (QED) is 0.736. The Morgan fingerprint density at radius 1 is 1.50 bits per heavy atom. The van der Waals surface area contributed by atoms with Crippen molar-refractivity contribution in [2.75, 3.05) is 13.3 Å². The number of ether oxygens (including phenoxy) is 1. The molecule has 0 aromatic carbocycles. The minimum atomic E-state index is -0.982. The van der Waals surface area contributed by atoms with Crippen LogP contribution in [0.4, 0.5) is 4.39 Å². The van der Waals surface area contributed by atoms with E-state index in [-0.39, 0.29) is 25.1 Å². The summed E-state index contributed by atoms with van der Waals surface area (Å²) in [6.45, 7) is 0.0425. The molecule has 0 saturated carbocycles. The average molecular weight is 288 g/mol. The summed E-state index contributed by atoms with van der Waals surface area (Å²) in [6.07, 6.45) is -1.05. The summed E-state index contributed by atoms with van der Waals surface area (Å²) in [4.78, 5) is 24.0. The molecule has 0 aliphatic carbocycles. The monoisotopic (exact) mass is 288 g/mol. The lowest BCUT2D eigenvalue weighted by molar-refractivity contribution is -0.0538. The van der Waals surface area contributed by atoms with Crippen molar-refractivity contribution in [2.45, 2.75) is 38.3 Å². The highest BCUT2D eigenvalue weighted by Gasteiger charge is 2.35. The zero-order chi connectivity index (χ0) is 14.9. The van der Waals surface area contributed by atoms with Gasteiger partial charge < -0.3 is 14.9 Å². The first-order valence-electron chi connectivity index (χ1n) is 6.32. The predicted octanol–water partition coefficient (Wildman–Crippen LogP) is -1.07. The van der Waals surface area contributed by atoms with Crippen molar-refractivity contribution in [3.8, 4) is 0 Å². The third kappa shape index (κ3) is 2.54. The second-order valence-electron chi connectivity index (χ2n) is 4.78. The molecular formula is C12H17FN2O5. The molecule has 112 valence electrons. The van der Waals surface area contributed by atoms with Crippen LogP contribution in [0.2, 0.25) is 0 Å². The van der Waals surface area contributed by atoms with Gasteiger partial charge in [0.2, 0.25) is 0 Å². The lowest BCUT2D eigenvalue weighted by Gasteiger charge is -2.19. The Kier molecular flexibility index (Phi) is 4.36. The number of aromatic nitrogens is 2. The van der Waals surface area contributed by atoms with Gasteiger partial charge in [0.1, 0.15) is 12.8 Å². The Morgan fingerprint density at radius 2 is 2.20 bits per heavy atom. The van der Waals surface area contributed by atoms with E-state index in [0.29, 0.717) is 0 Å². The Morgan fingerprint density at radius 3 is 2.75 bits per heavy atom. The van der Waals surface area contributed by atoms with Gasteiger partial charge in [0.15, 0.2) is 6.23 Å². The third-order valence-corrected chi connectivity index (χ3v) is 3.32. The summed E-state index contributed by atoms with van der Waals surface area (Å²) in [7, 11) is 0. The van der Waals surface area contributed by atoms with Crippen LogP contribution in [-0.2, 0) is 11.3 Å². The fraction of sp³-hybridized carbons (Fsp3) is 0.667. The number of aliphatic hydroxyl groups excluding tert-OH is 2. The van der Waals surface area contributed by atoms with Gasteiger partial charge in [-0.15, -0.1) is 0 Å². The van der Waals surface area contributed by atoms with Crippen molar-refractivity contribution in [1.82, 2.24) is 9.13 Å². The molecule has 1 unspecified atom stereocenters. The van der Waals surface area contributed by atoms with E-state index in [4.69, 9.17) is 9.84 Å². The highest BCUT2D eigenvalue weighted by atomic mass is 19.1. The number of aryl methyl sites for hydroxylation is 1. The van der Waals surface area contributed by atoms with Crippen LogP contribution >= 0.6 is 0 Å². The van der Waals surface area contributed by atoms with Crippen LogP contribution in [0.15, 0.2) is 15.8 Å². The second-order valence-corrected chi connectivity index (χ2v) is 4.78. The molecule has 0 spiro atoms. The van der Waals surface area contributed by atoms with Crippen LogP contribution in [0.25, 0.3) is 0 Å². The van der Waals surface area contributed by atoms with Gasteiger partial charge in [0, 0.05) is 18.2 Å². The fourth-order valence-electron chi connectivity index (χ4n) is 2.32. The second kappa shape index (κ2) is 5.86. The van der Waals surface area contributed by atoms with Crippen molar-refractivity contribution in [3.05, 3.63) is 32.6 Å². The Hall–Kier alpha value is -1.51. The molecule has 0 amide bonds. The molecule has 0 radical (unpaired) electrons. The molecule has 1 saturated heterocycles. The summed E-state index contributed by atoms with van der Waals surface area (Å²) >= 11 is 0. The van der Waals surface area contributed by atoms with Crippen LogP contribution in [-0.4, -0.2) is 44.8 Å². The third-order valence-electron chi connectivity index (χ3n) is 3.32. The van der Waals surface area contributed by atoms with Gasteiger partial charge in [-0.1, -0.05) is 0 Å². The minimum Gasteiger partial charge on any atom is -0.394 e. The number of halogens is 1. The van der Waals surface area contributed by atoms with Gasteiger partial charge in [0.05, 0.1) is 19.3 Å². The number of nitrogens with zero attached hydrogens (tertiary/aromatic N) is 2. The van der Waals surface area contributed by atoms with Crippen LogP contribution in [0.3, 0.4) is 0 Å². The molecule has 20 heavy (non-hydrogen) atoms. The summed E-state index contributed by atoms with van der Waals surface area (Å²) in [6, 6.07) is 0. The Bertz CT molecular complexity index is 596. The molecule has 1 aliphatic heterocycles. The van der Waals surface area contributed by atoms with Crippen LogP contribution in [0.5, 0.6) is 0 Å². The maximum Gasteiger partial charge on any atom is 0.333 e. The first-order valence-corrected chi connectivity index (χ1v) is 6.32. The maximum atomic E-state index is 12.5. The van der Waals surface area contributed by atoms with Gasteiger partial charge in [0.25, 0.3) is 5.56 Å². The van der Waals surface area contributed by atoms with Gasteiger partial charge in [-0.25, -0.2) is 9.18 Å². The lowest BCUT2D eigenvalue weighted by Crippen LogP contribution is -2.44.